The molecule has 1 aromatic carbocycles. The van der Waals surface area contributed by atoms with Crippen LogP contribution >= 0.6 is 11.3 Å². The van der Waals surface area contributed by atoms with Crippen LogP contribution in [-0.4, -0.2) is 41.8 Å². The SMILES string of the molecule is C=CC(=O)N1CCC(C(=O)N(C)Cc2csc3ccccc23)CC1. The van der Waals surface area contributed by atoms with Crippen LogP contribution in [0.5, 0.6) is 0 Å². The number of likely N-dealkylation sites (tertiary alicyclic amines) is 1. The third-order valence-electron chi connectivity index (χ3n) is 4.68. The minimum atomic E-state index is -0.0426. The summed E-state index contributed by atoms with van der Waals surface area (Å²) >= 11 is 1.72. The Kier molecular flexibility index (Phi) is 5.00. The van der Waals surface area contributed by atoms with Crippen molar-refractivity contribution < 1.29 is 9.59 Å². The second-order valence-electron chi connectivity index (χ2n) is 6.26. The quantitative estimate of drug-likeness (QED) is 0.800. The Bertz CT molecular complexity index is 760. The highest BCUT2D eigenvalue weighted by atomic mass is 32.1. The molecule has 0 N–H and O–H groups in total. The molecule has 5 heteroatoms. The fourth-order valence-electron chi connectivity index (χ4n) is 3.28. The van der Waals surface area contributed by atoms with E-state index in [1.54, 1.807) is 16.2 Å². The molecule has 126 valence electrons. The minimum absolute atomic E-state index is 0.00812. The van der Waals surface area contributed by atoms with Gasteiger partial charge in [-0.3, -0.25) is 9.59 Å². The summed E-state index contributed by atoms with van der Waals surface area (Å²) in [5.74, 6) is 0.142. The van der Waals surface area contributed by atoms with Crippen LogP contribution in [0.15, 0.2) is 42.3 Å². The van der Waals surface area contributed by atoms with E-state index in [1.807, 2.05) is 24.1 Å². The molecule has 0 spiro atoms. The topological polar surface area (TPSA) is 40.6 Å². The van der Waals surface area contributed by atoms with Gasteiger partial charge in [-0.1, -0.05) is 24.8 Å². The van der Waals surface area contributed by atoms with E-state index < -0.39 is 0 Å². The lowest BCUT2D eigenvalue weighted by molar-refractivity contribution is -0.138. The van der Waals surface area contributed by atoms with Gasteiger partial charge >= 0.3 is 0 Å². The summed E-state index contributed by atoms with van der Waals surface area (Å²) < 4.78 is 1.25. The number of thiophene rings is 1. The Balaban J connectivity index is 1.61. The molecule has 2 aromatic rings. The zero-order chi connectivity index (χ0) is 17.1. The molecule has 0 aliphatic carbocycles. The van der Waals surface area contributed by atoms with E-state index in [4.69, 9.17) is 0 Å². The lowest BCUT2D eigenvalue weighted by Crippen LogP contribution is -2.42. The normalized spacial score (nSPS) is 15.5. The number of hydrogen-bond acceptors (Lipinski definition) is 3. The van der Waals surface area contributed by atoms with Gasteiger partial charge in [-0.15, -0.1) is 11.3 Å². The molecule has 2 amide bonds. The third-order valence-corrected chi connectivity index (χ3v) is 5.69. The maximum Gasteiger partial charge on any atom is 0.245 e. The van der Waals surface area contributed by atoms with Crippen LogP contribution in [0.3, 0.4) is 0 Å². The molecule has 1 aliphatic heterocycles. The van der Waals surface area contributed by atoms with Crippen LogP contribution in [0.2, 0.25) is 0 Å². The van der Waals surface area contributed by atoms with Crippen molar-refractivity contribution in [2.45, 2.75) is 19.4 Å². The first kappa shape index (κ1) is 16.7. The smallest absolute Gasteiger partial charge is 0.245 e. The van der Waals surface area contributed by atoms with Gasteiger partial charge in [-0.2, -0.15) is 0 Å². The fraction of sp³-hybridized carbons (Fsp3) is 0.368. The van der Waals surface area contributed by atoms with Gasteiger partial charge in [0, 0.05) is 37.3 Å². The highest BCUT2D eigenvalue weighted by Crippen LogP contribution is 2.27. The first-order chi connectivity index (χ1) is 11.6. The molecule has 1 aromatic heterocycles. The average Bonchev–Trinajstić information content (AvgIpc) is 3.03. The predicted octanol–water partition coefficient (Wildman–Crippen LogP) is 3.28. The summed E-state index contributed by atoms with van der Waals surface area (Å²) in [5.41, 5.74) is 1.20. The van der Waals surface area contributed by atoms with Gasteiger partial charge in [0.25, 0.3) is 0 Å². The second-order valence-corrected chi connectivity index (χ2v) is 7.17. The van der Waals surface area contributed by atoms with Crippen molar-refractivity contribution in [2.75, 3.05) is 20.1 Å². The van der Waals surface area contributed by atoms with Gasteiger partial charge in [0.15, 0.2) is 0 Å². The van der Waals surface area contributed by atoms with E-state index in [-0.39, 0.29) is 17.7 Å². The molecule has 3 rings (SSSR count). The van der Waals surface area contributed by atoms with Gasteiger partial charge in [-0.25, -0.2) is 0 Å². The molecule has 0 radical (unpaired) electrons. The van der Waals surface area contributed by atoms with Crippen molar-refractivity contribution in [1.29, 1.82) is 0 Å². The Hall–Kier alpha value is -2.14. The van der Waals surface area contributed by atoms with E-state index in [0.717, 1.165) is 12.8 Å². The predicted molar refractivity (Wildman–Crippen MR) is 97.8 cm³/mol. The molecule has 0 atom stereocenters. The molecule has 0 saturated carbocycles. The van der Waals surface area contributed by atoms with Gasteiger partial charge in [-0.05, 0) is 41.3 Å². The molecule has 4 nitrogen and oxygen atoms in total. The summed E-state index contributed by atoms with van der Waals surface area (Å²) in [6.07, 6.45) is 2.80. The largest absolute Gasteiger partial charge is 0.341 e. The molecular formula is C19H22N2O2S. The monoisotopic (exact) mass is 342 g/mol. The van der Waals surface area contributed by atoms with Crippen LogP contribution in [0, 0.1) is 5.92 Å². The van der Waals surface area contributed by atoms with E-state index in [0.29, 0.717) is 19.6 Å². The second kappa shape index (κ2) is 7.18. The lowest BCUT2D eigenvalue weighted by atomic mass is 9.95. The fourth-order valence-corrected chi connectivity index (χ4v) is 4.23. The molecule has 1 fully saturated rings. The van der Waals surface area contributed by atoms with Crippen molar-refractivity contribution in [3.63, 3.8) is 0 Å². The maximum absolute atomic E-state index is 12.7. The standard InChI is InChI=1S/C19H22N2O2S/c1-3-18(22)21-10-8-14(9-11-21)19(23)20(2)12-15-13-24-17-7-5-4-6-16(15)17/h3-7,13-14H,1,8-12H2,2H3. The van der Waals surface area contributed by atoms with Gasteiger partial charge in [0.1, 0.15) is 0 Å². The third kappa shape index (κ3) is 3.36. The Labute approximate surface area is 146 Å². The van der Waals surface area contributed by atoms with E-state index in [1.165, 1.54) is 21.7 Å². The van der Waals surface area contributed by atoms with E-state index in [2.05, 4.69) is 24.1 Å². The number of hydrogen-bond donors (Lipinski definition) is 0. The molecule has 2 heterocycles. The zero-order valence-electron chi connectivity index (χ0n) is 13.9. The first-order valence-corrected chi connectivity index (χ1v) is 9.09. The van der Waals surface area contributed by atoms with E-state index >= 15 is 0 Å². The number of carbonyl (C=O) groups excluding carboxylic acids is 2. The number of nitrogens with zero attached hydrogens (tertiary/aromatic N) is 2. The lowest BCUT2D eigenvalue weighted by Gasteiger charge is -2.32. The summed E-state index contributed by atoms with van der Waals surface area (Å²) in [6, 6.07) is 8.29. The van der Waals surface area contributed by atoms with Crippen LogP contribution in [-0.2, 0) is 16.1 Å². The minimum Gasteiger partial charge on any atom is -0.341 e. The van der Waals surface area contributed by atoms with Crippen LogP contribution < -0.4 is 0 Å². The van der Waals surface area contributed by atoms with Crippen LogP contribution in [0.1, 0.15) is 18.4 Å². The number of fused-ring (bicyclic) bond motifs is 1. The van der Waals surface area contributed by atoms with Crippen LogP contribution in [0.25, 0.3) is 10.1 Å². The Morgan fingerprint density at radius 2 is 2.04 bits per heavy atom. The number of benzene rings is 1. The highest BCUT2D eigenvalue weighted by molar-refractivity contribution is 7.17. The maximum atomic E-state index is 12.7. The van der Waals surface area contributed by atoms with Gasteiger partial charge < -0.3 is 9.80 Å². The summed E-state index contributed by atoms with van der Waals surface area (Å²) in [4.78, 5) is 27.9. The zero-order valence-corrected chi connectivity index (χ0v) is 14.7. The van der Waals surface area contributed by atoms with Gasteiger partial charge in [0.2, 0.25) is 11.8 Å². The summed E-state index contributed by atoms with van der Waals surface area (Å²) in [6.45, 7) is 5.42. The number of amides is 2. The molecule has 0 unspecified atom stereocenters. The summed E-state index contributed by atoms with van der Waals surface area (Å²) in [5, 5.41) is 3.37. The van der Waals surface area contributed by atoms with Crippen molar-refractivity contribution in [3.05, 3.63) is 47.9 Å². The molecule has 24 heavy (non-hydrogen) atoms. The van der Waals surface area contributed by atoms with Crippen molar-refractivity contribution in [3.8, 4) is 0 Å². The van der Waals surface area contributed by atoms with Crippen molar-refractivity contribution >= 4 is 33.2 Å². The number of carbonyl (C=O) groups is 2. The first-order valence-electron chi connectivity index (χ1n) is 8.21. The molecule has 0 bridgehead atoms. The summed E-state index contributed by atoms with van der Waals surface area (Å²) in [7, 11) is 1.87. The number of rotatable bonds is 4. The molecule has 1 aliphatic rings. The van der Waals surface area contributed by atoms with Crippen molar-refractivity contribution in [1.82, 2.24) is 9.80 Å². The van der Waals surface area contributed by atoms with E-state index in [9.17, 15) is 9.59 Å². The van der Waals surface area contributed by atoms with Crippen LogP contribution in [0.4, 0.5) is 0 Å². The highest BCUT2D eigenvalue weighted by Gasteiger charge is 2.28. The van der Waals surface area contributed by atoms with Gasteiger partial charge in [0.05, 0.1) is 0 Å². The molecule has 1 saturated heterocycles. The molecular weight excluding hydrogens is 320 g/mol. The Morgan fingerprint density at radius 1 is 1.33 bits per heavy atom. The van der Waals surface area contributed by atoms with Crippen molar-refractivity contribution in [2.24, 2.45) is 5.92 Å². The average molecular weight is 342 g/mol. The Morgan fingerprint density at radius 3 is 2.75 bits per heavy atom. The number of piperidine rings is 1.